The lowest BCUT2D eigenvalue weighted by Gasteiger charge is -2.09. The molecule has 24 heavy (non-hydrogen) atoms. The van der Waals surface area contributed by atoms with Gasteiger partial charge in [0.15, 0.2) is 33.9 Å². The van der Waals surface area contributed by atoms with Gasteiger partial charge in [0.25, 0.3) is 5.91 Å². The first-order valence-electron chi connectivity index (χ1n) is 6.97. The summed E-state index contributed by atoms with van der Waals surface area (Å²) in [6.07, 6.45) is 0.204. The molecule has 0 spiro atoms. The van der Waals surface area contributed by atoms with E-state index >= 15 is 0 Å². The van der Waals surface area contributed by atoms with E-state index in [1.165, 1.54) is 0 Å². The Kier molecular flexibility index (Phi) is 5.47. The topological polar surface area (TPSA) is 89.5 Å². The monoisotopic (exact) mass is 365 g/mol. The third-order valence-corrected chi connectivity index (χ3v) is 5.29. The van der Waals surface area contributed by atoms with Crippen LogP contribution in [0.4, 0.5) is 18.9 Å². The molecule has 1 N–H and O–H groups in total. The lowest BCUT2D eigenvalue weighted by atomic mass is 10.1. The number of anilines is 1. The quantitative estimate of drug-likeness (QED) is 0.630. The smallest absolute Gasteiger partial charge is 0.306 e. The Balaban J connectivity index is 1.81. The average Bonchev–Trinajstić information content (AvgIpc) is 2.84. The van der Waals surface area contributed by atoms with E-state index in [1.807, 2.05) is 5.32 Å². The number of carbonyl (C=O) groups excluding carboxylic acids is 2. The van der Waals surface area contributed by atoms with Crippen LogP contribution in [-0.4, -0.2) is 38.4 Å². The van der Waals surface area contributed by atoms with Crippen LogP contribution in [0.5, 0.6) is 0 Å². The minimum atomic E-state index is -3.12. The molecule has 1 aromatic carbocycles. The lowest BCUT2D eigenvalue weighted by molar-refractivity contribution is -0.148. The lowest BCUT2D eigenvalue weighted by Crippen LogP contribution is -2.23. The largest absolute Gasteiger partial charge is 0.456 e. The van der Waals surface area contributed by atoms with Gasteiger partial charge in [0.1, 0.15) is 0 Å². The minimum Gasteiger partial charge on any atom is -0.456 e. The molecule has 1 aromatic rings. The zero-order chi connectivity index (χ0) is 17.9. The second-order valence-corrected chi connectivity index (χ2v) is 7.63. The third kappa shape index (κ3) is 4.70. The van der Waals surface area contributed by atoms with Crippen molar-refractivity contribution in [1.82, 2.24) is 0 Å². The van der Waals surface area contributed by atoms with E-state index in [9.17, 15) is 31.2 Å². The summed E-state index contributed by atoms with van der Waals surface area (Å²) in [7, 11) is -3.12. The summed E-state index contributed by atoms with van der Waals surface area (Å²) in [5.74, 6) is -6.84. The molecule has 0 aliphatic carbocycles. The summed E-state index contributed by atoms with van der Waals surface area (Å²) >= 11 is 0. The third-order valence-electron chi connectivity index (χ3n) is 3.46. The van der Waals surface area contributed by atoms with Crippen molar-refractivity contribution < 1.29 is 35.9 Å². The van der Waals surface area contributed by atoms with Gasteiger partial charge in [-0.15, -0.1) is 0 Å². The Morgan fingerprint density at radius 2 is 1.92 bits per heavy atom. The maximum absolute atomic E-state index is 13.4. The minimum absolute atomic E-state index is 0.0147. The second kappa shape index (κ2) is 7.20. The average molecular weight is 365 g/mol. The molecule has 1 amide bonds. The normalized spacial score (nSPS) is 19.0. The van der Waals surface area contributed by atoms with Crippen LogP contribution in [0, 0.1) is 23.4 Å². The number of hydrogen-bond acceptors (Lipinski definition) is 5. The van der Waals surface area contributed by atoms with Gasteiger partial charge in [-0.3, -0.25) is 9.59 Å². The van der Waals surface area contributed by atoms with E-state index in [1.54, 1.807) is 0 Å². The van der Waals surface area contributed by atoms with Crippen LogP contribution in [0.25, 0.3) is 0 Å². The molecule has 2 rings (SSSR count). The molecule has 1 aliphatic rings. The van der Waals surface area contributed by atoms with Crippen LogP contribution in [0.3, 0.4) is 0 Å². The summed E-state index contributed by atoms with van der Waals surface area (Å²) in [5, 5.41) is 1.95. The number of amides is 1. The molecule has 6 nitrogen and oxygen atoms in total. The van der Waals surface area contributed by atoms with Gasteiger partial charge in [-0.1, -0.05) is 0 Å². The van der Waals surface area contributed by atoms with Crippen LogP contribution in [0.15, 0.2) is 12.1 Å². The molecular weight excluding hydrogens is 351 g/mol. The number of esters is 1. The zero-order valence-corrected chi connectivity index (χ0v) is 13.2. The molecule has 0 aromatic heterocycles. The SMILES string of the molecule is O=C(COC(=O)C[C@@H]1CCS(=O)(=O)C1)Nc1ccc(F)c(F)c1F. The van der Waals surface area contributed by atoms with Gasteiger partial charge in [0, 0.05) is 6.42 Å². The van der Waals surface area contributed by atoms with Crippen molar-refractivity contribution in [1.29, 1.82) is 0 Å². The van der Waals surface area contributed by atoms with Crippen molar-refractivity contribution >= 4 is 27.4 Å². The van der Waals surface area contributed by atoms with Gasteiger partial charge in [-0.2, -0.15) is 0 Å². The van der Waals surface area contributed by atoms with Crippen molar-refractivity contribution in [3.8, 4) is 0 Å². The van der Waals surface area contributed by atoms with Crippen molar-refractivity contribution in [3.63, 3.8) is 0 Å². The highest BCUT2D eigenvalue weighted by atomic mass is 32.2. The summed E-state index contributed by atoms with van der Waals surface area (Å²) in [5.41, 5.74) is -0.586. The molecule has 132 valence electrons. The van der Waals surface area contributed by atoms with Crippen LogP contribution in [0.2, 0.25) is 0 Å². The summed E-state index contributed by atoms with van der Waals surface area (Å²) in [6.45, 7) is -0.753. The highest BCUT2D eigenvalue weighted by Gasteiger charge is 2.30. The first kappa shape index (κ1) is 18.2. The number of hydrogen-bond donors (Lipinski definition) is 1. The number of rotatable bonds is 5. The van der Waals surface area contributed by atoms with Crippen LogP contribution in [-0.2, 0) is 24.2 Å². The fourth-order valence-corrected chi connectivity index (χ4v) is 4.14. The summed E-state index contributed by atoms with van der Waals surface area (Å²) < 4.78 is 66.3. The molecule has 1 saturated heterocycles. The standard InChI is InChI=1S/C14H14F3NO5S/c15-9-1-2-10(14(17)13(9)16)18-11(19)6-23-12(20)5-8-3-4-24(21,22)7-8/h1-2,8H,3-7H2,(H,18,19)/t8-/m0/s1. The zero-order valence-electron chi connectivity index (χ0n) is 12.4. The predicted octanol–water partition coefficient (Wildman–Crippen LogP) is 1.41. The number of halogens is 3. The Morgan fingerprint density at radius 3 is 2.54 bits per heavy atom. The highest BCUT2D eigenvalue weighted by molar-refractivity contribution is 7.91. The molecule has 1 fully saturated rings. The number of carbonyl (C=O) groups is 2. The van der Waals surface area contributed by atoms with Crippen LogP contribution < -0.4 is 5.32 Å². The van der Waals surface area contributed by atoms with Crippen molar-refractivity contribution in [2.45, 2.75) is 12.8 Å². The predicted molar refractivity (Wildman–Crippen MR) is 77.3 cm³/mol. The second-order valence-electron chi connectivity index (χ2n) is 5.40. The highest BCUT2D eigenvalue weighted by Crippen LogP contribution is 2.22. The van der Waals surface area contributed by atoms with Gasteiger partial charge in [-0.25, -0.2) is 21.6 Å². The van der Waals surface area contributed by atoms with Gasteiger partial charge >= 0.3 is 5.97 Å². The molecular formula is C14H14F3NO5S. The maximum atomic E-state index is 13.4. The summed E-state index contributed by atoms with van der Waals surface area (Å²) in [4.78, 5) is 23.1. The number of ether oxygens (including phenoxy) is 1. The van der Waals surface area contributed by atoms with Crippen molar-refractivity contribution in [2.75, 3.05) is 23.4 Å². The van der Waals surface area contributed by atoms with Crippen molar-refractivity contribution in [2.24, 2.45) is 5.92 Å². The van der Waals surface area contributed by atoms with Crippen LogP contribution in [0.1, 0.15) is 12.8 Å². The molecule has 1 aliphatic heterocycles. The fourth-order valence-electron chi connectivity index (χ4n) is 2.28. The fraction of sp³-hybridized carbons (Fsp3) is 0.429. The molecule has 0 saturated carbocycles. The molecule has 0 unspecified atom stereocenters. The Labute approximate surface area is 135 Å². The molecule has 10 heteroatoms. The van der Waals surface area contributed by atoms with Gasteiger partial charge in [-0.05, 0) is 24.5 Å². The first-order valence-corrected chi connectivity index (χ1v) is 8.79. The first-order chi connectivity index (χ1) is 11.2. The van der Waals surface area contributed by atoms with E-state index in [4.69, 9.17) is 0 Å². The molecule has 0 bridgehead atoms. The Bertz CT molecular complexity index is 766. The maximum Gasteiger partial charge on any atom is 0.306 e. The van der Waals surface area contributed by atoms with E-state index < -0.39 is 51.5 Å². The van der Waals surface area contributed by atoms with Crippen LogP contribution >= 0.6 is 0 Å². The van der Waals surface area contributed by atoms with Gasteiger partial charge < -0.3 is 10.1 Å². The van der Waals surface area contributed by atoms with Gasteiger partial charge in [0.05, 0.1) is 17.2 Å². The van der Waals surface area contributed by atoms with Crippen molar-refractivity contribution in [3.05, 3.63) is 29.6 Å². The van der Waals surface area contributed by atoms with E-state index in [-0.39, 0.29) is 23.8 Å². The van der Waals surface area contributed by atoms with E-state index in [2.05, 4.69) is 4.74 Å². The number of nitrogens with one attached hydrogen (secondary N) is 1. The van der Waals surface area contributed by atoms with E-state index in [0.29, 0.717) is 12.5 Å². The number of benzene rings is 1. The Morgan fingerprint density at radius 1 is 1.21 bits per heavy atom. The molecule has 0 radical (unpaired) electrons. The van der Waals surface area contributed by atoms with E-state index in [0.717, 1.165) is 6.07 Å². The number of sulfone groups is 1. The Hall–Kier alpha value is -2.10. The van der Waals surface area contributed by atoms with Gasteiger partial charge in [0.2, 0.25) is 0 Å². The molecule has 1 atom stereocenters. The molecule has 1 heterocycles. The summed E-state index contributed by atoms with van der Waals surface area (Å²) in [6, 6.07) is 1.47.